The summed E-state index contributed by atoms with van der Waals surface area (Å²) in [6.07, 6.45) is 0. The Labute approximate surface area is 173 Å². The molecule has 0 nitrogen and oxygen atoms in total. The normalized spacial score (nSPS) is 11.8. The van der Waals surface area contributed by atoms with E-state index in [1.807, 2.05) is 0 Å². The topological polar surface area (TPSA) is 0 Å². The Balaban J connectivity index is 1.72. The number of hydrogen-bond donors (Lipinski definition) is 0. The summed E-state index contributed by atoms with van der Waals surface area (Å²) in [6, 6.07) is 42.2. The van der Waals surface area contributed by atoms with E-state index in [0.717, 1.165) is 0 Å². The second-order valence-corrected chi connectivity index (χ2v) is 9.35. The highest BCUT2D eigenvalue weighted by atomic mass is 32.2. The predicted molar refractivity (Wildman–Crippen MR) is 125 cm³/mol. The van der Waals surface area contributed by atoms with Crippen LogP contribution in [0.4, 0.5) is 0 Å². The Morgan fingerprint density at radius 1 is 0.379 bits per heavy atom. The van der Waals surface area contributed by atoms with E-state index in [1.54, 1.807) is 0 Å². The minimum Gasteiger partial charge on any atom is -0.0619 e. The molecule has 0 atom stereocenters. The van der Waals surface area contributed by atoms with Crippen molar-refractivity contribution in [3.63, 3.8) is 0 Å². The molecule has 0 saturated heterocycles. The lowest BCUT2D eigenvalue weighted by Gasteiger charge is -2.14. The van der Waals surface area contributed by atoms with Crippen molar-refractivity contribution in [2.24, 2.45) is 0 Å². The van der Waals surface area contributed by atoms with Gasteiger partial charge < -0.3 is 0 Å². The molecule has 0 aliphatic heterocycles. The molecule has 136 valence electrons. The van der Waals surface area contributed by atoms with Crippen molar-refractivity contribution < 1.29 is 0 Å². The van der Waals surface area contributed by atoms with Gasteiger partial charge in [0.2, 0.25) is 0 Å². The maximum Gasteiger partial charge on any atom is 0.174 e. The standard InChI is InChI=1S/C28H19S/c1-3-10-23(11-4-1)29(24-12-5-2-6-13-24)26-19-17-22-15-14-20-8-7-9-21-16-18-25(26)28(22)27(20)21/h1-19H/q+1. The molecular weight excluding hydrogens is 368 g/mol. The van der Waals surface area contributed by atoms with Gasteiger partial charge in [-0.05, 0) is 64.0 Å². The second-order valence-electron chi connectivity index (χ2n) is 7.35. The van der Waals surface area contributed by atoms with Gasteiger partial charge in [-0.15, -0.1) is 0 Å². The Morgan fingerprint density at radius 2 is 0.897 bits per heavy atom. The van der Waals surface area contributed by atoms with E-state index >= 15 is 0 Å². The lowest BCUT2D eigenvalue weighted by molar-refractivity contribution is 1.34. The lowest BCUT2D eigenvalue weighted by Crippen LogP contribution is -2.05. The van der Waals surface area contributed by atoms with Crippen LogP contribution in [0.2, 0.25) is 0 Å². The molecule has 0 aliphatic rings. The first-order valence-electron chi connectivity index (χ1n) is 9.91. The van der Waals surface area contributed by atoms with E-state index in [9.17, 15) is 0 Å². The van der Waals surface area contributed by atoms with Crippen LogP contribution in [0.25, 0.3) is 32.3 Å². The Bertz CT molecular complexity index is 1380. The van der Waals surface area contributed by atoms with Crippen molar-refractivity contribution in [3.8, 4) is 0 Å². The average molecular weight is 388 g/mol. The fourth-order valence-corrected chi connectivity index (χ4v) is 6.62. The SMILES string of the molecule is c1ccc([S+](c2ccccc2)c2ccc3ccc4cccc5ccc2c3c45)cc1. The molecule has 0 amide bonds. The first-order valence-corrected chi connectivity index (χ1v) is 11.1. The fourth-order valence-electron chi connectivity index (χ4n) is 4.39. The van der Waals surface area contributed by atoms with E-state index in [-0.39, 0.29) is 10.9 Å². The molecule has 1 heteroatoms. The summed E-state index contributed by atoms with van der Waals surface area (Å²) >= 11 is 0. The number of rotatable bonds is 3. The zero-order valence-corrected chi connectivity index (χ0v) is 16.7. The largest absolute Gasteiger partial charge is 0.174 e. The smallest absolute Gasteiger partial charge is 0.0619 e. The van der Waals surface area contributed by atoms with Gasteiger partial charge in [-0.3, -0.25) is 0 Å². The van der Waals surface area contributed by atoms with E-state index in [1.165, 1.54) is 47.0 Å². The zero-order chi connectivity index (χ0) is 19.2. The Kier molecular flexibility index (Phi) is 3.82. The maximum atomic E-state index is 2.34. The molecule has 0 fully saturated rings. The summed E-state index contributed by atoms with van der Waals surface area (Å²) in [5, 5.41) is 8.09. The third kappa shape index (κ3) is 2.62. The predicted octanol–water partition coefficient (Wildman–Crippen LogP) is 7.68. The molecule has 6 aromatic carbocycles. The summed E-state index contributed by atoms with van der Waals surface area (Å²) in [5.41, 5.74) is 0. The molecule has 0 unspecified atom stereocenters. The van der Waals surface area contributed by atoms with Gasteiger partial charge in [0.05, 0.1) is 10.9 Å². The van der Waals surface area contributed by atoms with Crippen molar-refractivity contribution in [3.05, 3.63) is 115 Å². The van der Waals surface area contributed by atoms with Crippen LogP contribution in [0.15, 0.2) is 130 Å². The summed E-state index contributed by atoms with van der Waals surface area (Å²) in [7, 11) is -0.147. The lowest BCUT2D eigenvalue weighted by atomic mass is 9.94. The molecule has 0 aliphatic carbocycles. The van der Waals surface area contributed by atoms with Crippen LogP contribution in [0.3, 0.4) is 0 Å². The Hall–Kier alpha value is -3.29. The molecule has 0 heterocycles. The molecule has 6 rings (SSSR count). The van der Waals surface area contributed by atoms with E-state index < -0.39 is 0 Å². The van der Waals surface area contributed by atoms with Crippen LogP contribution in [0.1, 0.15) is 0 Å². The van der Waals surface area contributed by atoms with Crippen LogP contribution in [0.5, 0.6) is 0 Å². The summed E-state index contributed by atoms with van der Waals surface area (Å²) < 4.78 is 0. The van der Waals surface area contributed by atoms with E-state index in [2.05, 4.69) is 115 Å². The summed E-state index contributed by atoms with van der Waals surface area (Å²) in [5.74, 6) is 0. The molecule has 0 saturated carbocycles. The first-order chi connectivity index (χ1) is 14.4. The molecule has 6 aromatic rings. The summed E-state index contributed by atoms with van der Waals surface area (Å²) in [4.78, 5) is 4.11. The van der Waals surface area contributed by atoms with Crippen LogP contribution in [0, 0.1) is 0 Å². The minimum atomic E-state index is -0.147. The molecular formula is C28H19S+. The van der Waals surface area contributed by atoms with Gasteiger partial charge in [0.15, 0.2) is 14.7 Å². The Morgan fingerprint density at radius 3 is 1.52 bits per heavy atom. The van der Waals surface area contributed by atoms with Crippen molar-refractivity contribution in [1.29, 1.82) is 0 Å². The monoisotopic (exact) mass is 387 g/mol. The number of benzene rings is 6. The van der Waals surface area contributed by atoms with Gasteiger partial charge in [0.25, 0.3) is 0 Å². The van der Waals surface area contributed by atoms with Crippen molar-refractivity contribution >= 4 is 43.2 Å². The van der Waals surface area contributed by atoms with Gasteiger partial charge in [-0.1, -0.05) is 72.8 Å². The second kappa shape index (κ2) is 6.65. The van der Waals surface area contributed by atoms with Gasteiger partial charge in [0.1, 0.15) is 0 Å². The number of hydrogen-bond acceptors (Lipinski definition) is 0. The van der Waals surface area contributed by atoms with Gasteiger partial charge in [-0.2, -0.15) is 0 Å². The highest BCUT2D eigenvalue weighted by Gasteiger charge is 2.30. The van der Waals surface area contributed by atoms with E-state index in [4.69, 9.17) is 0 Å². The first kappa shape index (κ1) is 16.6. The summed E-state index contributed by atoms with van der Waals surface area (Å²) in [6.45, 7) is 0. The maximum absolute atomic E-state index is 2.34. The molecule has 0 spiro atoms. The van der Waals surface area contributed by atoms with Crippen LogP contribution in [-0.4, -0.2) is 0 Å². The van der Waals surface area contributed by atoms with Gasteiger partial charge >= 0.3 is 0 Å². The van der Waals surface area contributed by atoms with Crippen molar-refractivity contribution in [2.75, 3.05) is 0 Å². The zero-order valence-electron chi connectivity index (χ0n) is 15.9. The minimum absolute atomic E-state index is 0.147. The molecule has 0 bridgehead atoms. The molecule has 0 aromatic heterocycles. The van der Waals surface area contributed by atoms with Crippen molar-refractivity contribution in [2.45, 2.75) is 14.7 Å². The average Bonchev–Trinajstić information content (AvgIpc) is 2.80. The van der Waals surface area contributed by atoms with Crippen molar-refractivity contribution in [1.82, 2.24) is 0 Å². The van der Waals surface area contributed by atoms with Crippen LogP contribution >= 0.6 is 0 Å². The van der Waals surface area contributed by atoms with Crippen LogP contribution < -0.4 is 0 Å². The molecule has 0 radical (unpaired) electrons. The molecule has 29 heavy (non-hydrogen) atoms. The highest BCUT2D eigenvalue weighted by molar-refractivity contribution is 7.97. The van der Waals surface area contributed by atoms with Gasteiger partial charge in [0, 0.05) is 10.8 Å². The molecule has 0 N–H and O–H groups in total. The highest BCUT2D eigenvalue weighted by Crippen LogP contribution is 2.41. The fraction of sp³-hybridized carbons (Fsp3) is 0. The third-order valence-corrected chi connectivity index (χ3v) is 7.95. The quantitative estimate of drug-likeness (QED) is 0.216. The van der Waals surface area contributed by atoms with E-state index in [0.29, 0.717) is 0 Å². The third-order valence-electron chi connectivity index (χ3n) is 5.67. The van der Waals surface area contributed by atoms with Gasteiger partial charge in [-0.25, -0.2) is 0 Å². The van der Waals surface area contributed by atoms with Crippen LogP contribution in [-0.2, 0) is 10.9 Å².